The van der Waals surface area contributed by atoms with Gasteiger partial charge in [0.05, 0.1) is 10.4 Å². The Bertz CT molecular complexity index is 661. The van der Waals surface area contributed by atoms with Crippen molar-refractivity contribution in [3.63, 3.8) is 0 Å². The molecule has 7 nitrogen and oxygen atoms in total. The van der Waals surface area contributed by atoms with Gasteiger partial charge in [-0.15, -0.1) is 11.3 Å². The zero-order valence-electron chi connectivity index (χ0n) is 12.4. The summed E-state index contributed by atoms with van der Waals surface area (Å²) in [7, 11) is -3.90. The number of thiophene rings is 1. The molecule has 0 amide bonds. The highest BCUT2D eigenvalue weighted by atomic mass is 35.5. The minimum absolute atomic E-state index is 0.116. The van der Waals surface area contributed by atoms with Crippen LogP contribution in [0.25, 0.3) is 0 Å². The predicted molar refractivity (Wildman–Crippen MR) is 87.8 cm³/mol. The number of rotatable bonds is 7. The van der Waals surface area contributed by atoms with Gasteiger partial charge in [-0.25, -0.2) is 17.9 Å². The van der Waals surface area contributed by atoms with Gasteiger partial charge >= 0.3 is 5.97 Å². The first-order valence-corrected chi connectivity index (χ1v) is 9.90. The molecule has 0 saturated carbocycles. The Morgan fingerprint density at radius 2 is 2.26 bits per heavy atom. The highest BCUT2D eigenvalue weighted by molar-refractivity contribution is 7.89. The first-order valence-electron chi connectivity index (χ1n) is 7.22. The van der Waals surface area contributed by atoms with E-state index in [4.69, 9.17) is 16.7 Å². The summed E-state index contributed by atoms with van der Waals surface area (Å²) in [4.78, 5) is 12.6. The van der Waals surface area contributed by atoms with Gasteiger partial charge in [-0.3, -0.25) is 0 Å². The molecule has 0 bridgehead atoms. The number of halogens is 1. The fraction of sp³-hybridized carbons (Fsp3) is 0.615. The second-order valence-electron chi connectivity index (χ2n) is 5.40. The average Bonchev–Trinajstić information content (AvgIpc) is 2.87. The lowest BCUT2D eigenvalue weighted by Crippen LogP contribution is -2.39. The van der Waals surface area contributed by atoms with Crippen LogP contribution in [0.2, 0.25) is 4.34 Å². The van der Waals surface area contributed by atoms with E-state index >= 15 is 0 Å². The Morgan fingerprint density at radius 1 is 1.52 bits per heavy atom. The molecule has 2 heterocycles. The molecule has 0 spiro atoms. The molecule has 1 atom stereocenters. The molecule has 10 heteroatoms. The van der Waals surface area contributed by atoms with Crippen LogP contribution in [0.3, 0.4) is 0 Å². The number of aliphatic hydroxyl groups is 1. The Labute approximate surface area is 143 Å². The number of carbonyl (C=O) groups is 1. The number of carboxylic acids is 1. The van der Waals surface area contributed by atoms with Gasteiger partial charge in [-0.2, -0.15) is 0 Å². The van der Waals surface area contributed by atoms with Gasteiger partial charge < -0.3 is 15.1 Å². The standard InChI is InChI=1S/C13H19ClN2O5S2/c14-11-7-10(12(22-11)13(18)19)23(20,21)15-4-2-6-16-5-1-3-9(17)8-16/h7,9,15,17H,1-6,8H2,(H,18,19). The number of nitrogens with zero attached hydrogens (tertiary/aromatic N) is 1. The van der Waals surface area contributed by atoms with Crippen LogP contribution in [-0.4, -0.2) is 61.8 Å². The smallest absolute Gasteiger partial charge is 0.347 e. The van der Waals surface area contributed by atoms with E-state index in [2.05, 4.69) is 9.62 Å². The second-order valence-corrected chi connectivity index (χ2v) is 8.82. The number of carboxylic acid groups (broad SMARTS) is 1. The number of sulfonamides is 1. The zero-order valence-corrected chi connectivity index (χ0v) is 14.8. The third kappa shape index (κ3) is 5.13. The molecular formula is C13H19ClN2O5S2. The van der Waals surface area contributed by atoms with E-state index in [0.29, 0.717) is 19.5 Å². The van der Waals surface area contributed by atoms with Gasteiger partial charge in [-0.05, 0) is 38.4 Å². The summed E-state index contributed by atoms with van der Waals surface area (Å²) in [6.07, 6.45) is 2.00. The largest absolute Gasteiger partial charge is 0.477 e. The Balaban J connectivity index is 1.88. The lowest BCUT2D eigenvalue weighted by molar-refractivity contribution is 0.0696. The van der Waals surface area contributed by atoms with Crippen molar-refractivity contribution in [1.82, 2.24) is 9.62 Å². The van der Waals surface area contributed by atoms with Gasteiger partial charge in [0, 0.05) is 13.1 Å². The van der Waals surface area contributed by atoms with Crippen LogP contribution in [0.4, 0.5) is 0 Å². The average molecular weight is 383 g/mol. The van der Waals surface area contributed by atoms with E-state index in [0.717, 1.165) is 36.8 Å². The predicted octanol–water partition coefficient (Wildman–Crippen LogP) is 1.22. The van der Waals surface area contributed by atoms with Crippen LogP contribution in [0.15, 0.2) is 11.0 Å². The fourth-order valence-corrected chi connectivity index (χ4v) is 5.24. The van der Waals surface area contributed by atoms with Crippen molar-refractivity contribution in [1.29, 1.82) is 0 Å². The Morgan fingerprint density at radius 3 is 2.91 bits per heavy atom. The van der Waals surface area contributed by atoms with Crippen LogP contribution in [0, 0.1) is 0 Å². The van der Waals surface area contributed by atoms with Crippen molar-refractivity contribution in [2.45, 2.75) is 30.3 Å². The number of nitrogens with one attached hydrogen (secondary N) is 1. The first kappa shape index (κ1) is 18.6. The van der Waals surface area contributed by atoms with E-state index in [1.54, 1.807) is 0 Å². The second kappa shape index (κ2) is 7.91. The molecule has 130 valence electrons. The molecule has 0 radical (unpaired) electrons. The third-order valence-electron chi connectivity index (χ3n) is 3.58. The number of hydrogen-bond donors (Lipinski definition) is 3. The SMILES string of the molecule is O=C(O)c1sc(Cl)cc1S(=O)(=O)NCCCN1CCCC(O)C1. The summed E-state index contributed by atoms with van der Waals surface area (Å²) in [5, 5.41) is 18.6. The monoisotopic (exact) mass is 382 g/mol. The molecule has 1 saturated heterocycles. The normalized spacial score (nSPS) is 19.8. The van der Waals surface area contributed by atoms with Crippen LogP contribution >= 0.6 is 22.9 Å². The van der Waals surface area contributed by atoms with Crippen molar-refractivity contribution >= 4 is 38.9 Å². The maximum atomic E-state index is 12.2. The molecule has 1 unspecified atom stereocenters. The molecule has 23 heavy (non-hydrogen) atoms. The summed E-state index contributed by atoms with van der Waals surface area (Å²) in [5.74, 6) is -1.32. The molecular weight excluding hydrogens is 364 g/mol. The number of aliphatic hydroxyl groups excluding tert-OH is 1. The van der Waals surface area contributed by atoms with Gasteiger partial charge in [0.15, 0.2) is 0 Å². The number of β-amino-alcohol motifs (C(OH)–C–C–N with tert-alkyl or cyclic N) is 1. The van der Waals surface area contributed by atoms with Crippen molar-refractivity contribution in [3.8, 4) is 0 Å². The minimum atomic E-state index is -3.90. The van der Waals surface area contributed by atoms with Crippen LogP contribution in [0.1, 0.15) is 28.9 Å². The molecule has 1 aliphatic rings. The summed E-state index contributed by atoms with van der Waals surface area (Å²) < 4.78 is 26.9. The minimum Gasteiger partial charge on any atom is -0.477 e. The highest BCUT2D eigenvalue weighted by Crippen LogP contribution is 2.30. The van der Waals surface area contributed by atoms with E-state index in [1.165, 1.54) is 0 Å². The van der Waals surface area contributed by atoms with Crippen LogP contribution < -0.4 is 4.72 Å². The highest BCUT2D eigenvalue weighted by Gasteiger charge is 2.25. The molecule has 1 fully saturated rings. The van der Waals surface area contributed by atoms with E-state index in [9.17, 15) is 18.3 Å². The van der Waals surface area contributed by atoms with E-state index in [1.807, 2.05) is 0 Å². The van der Waals surface area contributed by atoms with Crippen LogP contribution in [-0.2, 0) is 10.0 Å². The van der Waals surface area contributed by atoms with Crippen molar-refractivity contribution in [2.75, 3.05) is 26.2 Å². The number of likely N-dealkylation sites (tertiary alicyclic amines) is 1. The fourth-order valence-electron chi connectivity index (χ4n) is 2.52. The maximum absolute atomic E-state index is 12.2. The van der Waals surface area contributed by atoms with Crippen molar-refractivity contribution < 1.29 is 23.4 Å². The van der Waals surface area contributed by atoms with E-state index < -0.39 is 16.0 Å². The molecule has 1 aromatic rings. The van der Waals surface area contributed by atoms with E-state index in [-0.39, 0.29) is 26.8 Å². The maximum Gasteiger partial charge on any atom is 0.347 e. The summed E-state index contributed by atoms with van der Waals surface area (Å²) in [6, 6.07) is 1.15. The van der Waals surface area contributed by atoms with Crippen molar-refractivity contribution in [2.24, 2.45) is 0 Å². The molecule has 1 aliphatic heterocycles. The summed E-state index contributed by atoms with van der Waals surface area (Å²) in [6.45, 7) is 2.38. The topological polar surface area (TPSA) is 107 Å². The van der Waals surface area contributed by atoms with Gasteiger partial charge in [0.2, 0.25) is 10.0 Å². The summed E-state index contributed by atoms with van der Waals surface area (Å²) in [5.41, 5.74) is 0. The molecule has 1 aromatic heterocycles. The van der Waals surface area contributed by atoms with Gasteiger partial charge in [0.1, 0.15) is 9.77 Å². The molecule has 2 rings (SSSR count). The lowest BCUT2D eigenvalue weighted by Gasteiger charge is -2.29. The number of piperidine rings is 1. The van der Waals surface area contributed by atoms with Gasteiger partial charge in [0.25, 0.3) is 0 Å². The lowest BCUT2D eigenvalue weighted by atomic mass is 10.1. The molecule has 3 N–H and O–H groups in total. The van der Waals surface area contributed by atoms with Crippen LogP contribution in [0.5, 0.6) is 0 Å². The van der Waals surface area contributed by atoms with Gasteiger partial charge in [-0.1, -0.05) is 11.6 Å². The number of hydrogen-bond acceptors (Lipinski definition) is 6. The Kier molecular flexibility index (Phi) is 6.40. The number of aromatic carboxylic acids is 1. The third-order valence-corrected chi connectivity index (χ3v) is 6.44. The Hall–Kier alpha value is -0.710. The quantitative estimate of drug-likeness (QED) is 0.612. The zero-order chi connectivity index (χ0) is 17.0. The molecule has 0 aliphatic carbocycles. The first-order chi connectivity index (χ1) is 10.8. The molecule has 0 aromatic carbocycles. The summed E-state index contributed by atoms with van der Waals surface area (Å²) >= 11 is 6.45. The van der Waals surface area contributed by atoms with Crippen molar-refractivity contribution in [3.05, 3.63) is 15.3 Å².